The quantitative estimate of drug-likeness (QED) is 0.755. The number of anilines is 2. The first-order valence-corrected chi connectivity index (χ1v) is 10.6. The molecule has 4 heterocycles. The number of ether oxygens (including phenoxy) is 1. The van der Waals surface area contributed by atoms with Crippen molar-refractivity contribution in [3.05, 3.63) is 41.9 Å². The molecule has 0 bridgehead atoms. The summed E-state index contributed by atoms with van der Waals surface area (Å²) in [5.74, 6) is 0.182. The molecule has 2 atom stereocenters. The Balaban J connectivity index is 1.38. The highest BCUT2D eigenvalue weighted by atomic mass is 16.5. The van der Waals surface area contributed by atoms with Crippen LogP contribution in [0, 0.1) is 0 Å². The molecule has 2 aliphatic rings. The first kappa shape index (κ1) is 21.0. The lowest BCUT2D eigenvalue weighted by atomic mass is 10.1. The van der Waals surface area contributed by atoms with Crippen molar-refractivity contribution in [1.82, 2.24) is 20.2 Å². The first-order chi connectivity index (χ1) is 15.0. The minimum atomic E-state index is -0.476. The van der Waals surface area contributed by atoms with Crippen LogP contribution in [-0.4, -0.2) is 66.0 Å². The second-order valence-corrected chi connectivity index (χ2v) is 7.81. The van der Waals surface area contributed by atoms with E-state index in [1.54, 1.807) is 19.3 Å². The maximum Gasteiger partial charge on any atom is 0.269 e. The highest BCUT2D eigenvalue weighted by molar-refractivity contribution is 5.97. The predicted octanol–water partition coefficient (Wildman–Crippen LogP) is 1.83. The van der Waals surface area contributed by atoms with E-state index in [2.05, 4.69) is 37.3 Å². The molecule has 0 saturated carbocycles. The van der Waals surface area contributed by atoms with E-state index in [4.69, 9.17) is 4.74 Å². The van der Waals surface area contributed by atoms with E-state index in [1.807, 2.05) is 25.3 Å². The molecule has 2 amide bonds. The molecular weight excluding hydrogens is 396 g/mol. The van der Waals surface area contributed by atoms with Crippen LogP contribution in [0.3, 0.4) is 0 Å². The van der Waals surface area contributed by atoms with Crippen LogP contribution in [0.15, 0.2) is 30.6 Å². The summed E-state index contributed by atoms with van der Waals surface area (Å²) < 4.78 is 5.69. The molecule has 164 valence electrons. The number of nitrogens with one attached hydrogen (secondary N) is 2. The standard InChI is InChI=1S/C22H28N6O3/c1-4-19-21(30)26-18-11-15(12-25-22(18)31-19)14(2)27-7-9-28(10-8-27)16-5-6-17(24-13-16)20(29)23-3/h5-6,11-14,19H,4,7-10H2,1-3H3,(H,23,29)(H,26,30)/t14?,19-/m0/s1. The van der Waals surface area contributed by atoms with E-state index >= 15 is 0 Å². The highest BCUT2D eigenvalue weighted by Gasteiger charge is 2.29. The van der Waals surface area contributed by atoms with Gasteiger partial charge in [-0.2, -0.15) is 0 Å². The Hall–Kier alpha value is -3.20. The number of fused-ring (bicyclic) bond motifs is 1. The number of piperazine rings is 1. The van der Waals surface area contributed by atoms with Crippen molar-refractivity contribution in [3.63, 3.8) is 0 Å². The van der Waals surface area contributed by atoms with Crippen LogP contribution >= 0.6 is 0 Å². The van der Waals surface area contributed by atoms with Crippen LogP contribution in [0.5, 0.6) is 5.88 Å². The minimum Gasteiger partial charge on any atom is -0.463 e. The number of carbonyl (C=O) groups excluding carboxylic acids is 2. The Morgan fingerprint density at radius 1 is 1.26 bits per heavy atom. The van der Waals surface area contributed by atoms with Gasteiger partial charge < -0.3 is 20.3 Å². The smallest absolute Gasteiger partial charge is 0.269 e. The summed E-state index contributed by atoms with van der Waals surface area (Å²) in [5.41, 5.74) is 3.11. The summed E-state index contributed by atoms with van der Waals surface area (Å²) >= 11 is 0. The normalized spacial score (nSPS) is 19.8. The van der Waals surface area contributed by atoms with E-state index in [1.165, 1.54) is 0 Å². The van der Waals surface area contributed by atoms with Crippen molar-refractivity contribution < 1.29 is 14.3 Å². The molecule has 0 radical (unpaired) electrons. The lowest BCUT2D eigenvalue weighted by Crippen LogP contribution is -2.47. The van der Waals surface area contributed by atoms with Crippen LogP contribution in [0.25, 0.3) is 0 Å². The zero-order valence-electron chi connectivity index (χ0n) is 18.1. The maximum absolute atomic E-state index is 12.1. The fourth-order valence-corrected chi connectivity index (χ4v) is 3.96. The van der Waals surface area contributed by atoms with Gasteiger partial charge in [0.25, 0.3) is 11.8 Å². The summed E-state index contributed by atoms with van der Waals surface area (Å²) in [6.45, 7) is 7.56. The molecule has 2 aromatic rings. The Bertz CT molecular complexity index is 956. The van der Waals surface area contributed by atoms with Gasteiger partial charge in [0, 0.05) is 45.5 Å². The van der Waals surface area contributed by atoms with E-state index in [-0.39, 0.29) is 17.9 Å². The SMILES string of the molecule is CC[C@@H]1Oc2ncc(C(C)N3CCN(c4ccc(C(=O)NC)nc4)CC3)cc2NC1=O. The van der Waals surface area contributed by atoms with Crippen LogP contribution in [0.4, 0.5) is 11.4 Å². The van der Waals surface area contributed by atoms with Gasteiger partial charge in [-0.15, -0.1) is 0 Å². The van der Waals surface area contributed by atoms with E-state index in [0.29, 0.717) is 23.7 Å². The fraction of sp³-hybridized carbons (Fsp3) is 0.455. The van der Waals surface area contributed by atoms with Gasteiger partial charge in [0.1, 0.15) is 11.4 Å². The number of aromatic nitrogens is 2. The lowest BCUT2D eigenvalue weighted by Gasteiger charge is -2.39. The van der Waals surface area contributed by atoms with Crippen molar-refractivity contribution >= 4 is 23.2 Å². The minimum absolute atomic E-state index is 0.119. The largest absolute Gasteiger partial charge is 0.463 e. The van der Waals surface area contributed by atoms with Gasteiger partial charge in [-0.25, -0.2) is 9.97 Å². The molecule has 9 heteroatoms. The molecule has 1 saturated heterocycles. The number of nitrogens with zero attached hydrogens (tertiary/aromatic N) is 4. The zero-order chi connectivity index (χ0) is 22.0. The van der Waals surface area contributed by atoms with Crippen molar-refractivity contribution in [2.45, 2.75) is 32.4 Å². The molecule has 0 spiro atoms. The molecule has 2 aromatic heterocycles. The average molecular weight is 425 g/mol. The molecule has 31 heavy (non-hydrogen) atoms. The molecule has 2 N–H and O–H groups in total. The van der Waals surface area contributed by atoms with Gasteiger partial charge in [0.15, 0.2) is 6.10 Å². The van der Waals surface area contributed by atoms with Gasteiger partial charge >= 0.3 is 0 Å². The summed E-state index contributed by atoms with van der Waals surface area (Å²) in [6.07, 6.45) is 3.72. The Morgan fingerprint density at radius 2 is 2.03 bits per heavy atom. The van der Waals surface area contributed by atoms with Gasteiger partial charge in [-0.1, -0.05) is 6.92 Å². The number of pyridine rings is 2. The first-order valence-electron chi connectivity index (χ1n) is 10.6. The molecular formula is C22H28N6O3. The number of amides is 2. The van der Waals surface area contributed by atoms with E-state index < -0.39 is 6.10 Å². The molecule has 2 aliphatic heterocycles. The third kappa shape index (κ3) is 4.32. The maximum atomic E-state index is 12.1. The predicted molar refractivity (Wildman–Crippen MR) is 117 cm³/mol. The third-order valence-corrected chi connectivity index (χ3v) is 5.96. The van der Waals surface area contributed by atoms with Crippen LogP contribution in [0.1, 0.15) is 42.4 Å². The van der Waals surface area contributed by atoms with Crippen LogP contribution in [0.2, 0.25) is 0 Å². The monoisotopic (exact) mass is 424 g/mol. The van der Waals surface area contributed by atoms with E-state index in [9.17, 15) is 9.59 Å². The lowest BCUT2D eigenvalue weighted by molar-refractivity contribution is -0.123. The van der Waals surface area contributed by atoms with Crippen molar-refractivity contribution in [2.75, 3.05) is 43.4 Å². The summed E-state index contributed by atoms with van der Waals surface area (Å²) in [5, 5.41) is 5.50. The number of rotatable bonds is 5. The second kappa shape index (κ2) is 8.89. The number of hydrogen-bond donors (Lipinski definition) is 2. The fourth-order valence-electron chi connectivity index (χ4n) is 3.96. The van der Waals surface area contributed by atoms with E-state index in [0.717, 1.165) is 37.4 Å². The molecule has 0 aromatic carbocycles. The van der Waals surface area contributed by atoms with Gasteiger partial charge in [0.2, 0.25) is 5.88 Å². The second-order valence-electron chi connectivity index (χ2n) is 7.81. The summed E-state index contributed by atoms with van der Waals surface area (Å²) in [7, 11) is 1.60. The average Bonchev–Trinajstić information content (AvgIpc) is 2.82. The van der Waals surface area contributed by atoms with Crippen LogP contribution < -0.4 is 20.3 Å². The molecule has 9 nitrogen and oxygen atoms in total. The van der Waals surface area contributed by atoms with Gasteiger partial charge in [-0.3, -0.25) is 14.5 Å². The molecule has 1 unspecified atom stereocenters. The van der Waals surface area contributed by atoms with Crippen molar-refractivity contribution in [1.29, 1.82) is 0 Å². The third-order valence-electron chi connectivity index (χ3n) is 5.96. The Morgan fingerprint density at radius 3 is 2.68 bits per heavy atom. The van der Waals surface area contributed by atoms with Crippen LogP contribution in [-0.2, 0) is 4.79 Å². The number of hydrogen-bond acceptors (Lipinski definition) is 7. The van der Waals surface area contributed by atoms with Crippen molar-refractivity contribution in [2.24, 2.45) is 0 Å². The number of carbonyl (C=O) groups is 2. The Kier molecular flexibility index (Phi) is 6.03. The molecule has 4 rings (SSSR count). The van der Waals surface area contributed by atoms with Gasteiger partial charge in [0.05, 0.1) is 11.9 Å². The highest BCUT2D eigenvalue weighted by Crippen LogP contribution is 2.32. The van der Waals surface area contributed by atoms with Gasteiger partial charge in [-0.05, 0) is 37.1 Å². The molecule has 0 aliphatic carbocycles. The summed E-state index contributed by atoms with van der Waals surface area (Å²) in [4.78, 5) is 37.1. The topological polar surface area (TPSA) is 99.7 Å². The molecule has 1 fully saturated rings. The Labute approximate surface area is 181 Å². The zero-order valence-corrected chi connectivity index (χ0v) is 18.1. The summed E-state index contributed by atoms with van der Waals surface area (Å²) in [6, 6.07) is 5.82. The van der Waals surface area contributed by atoms with Crippen molar-refractivity contribution in [3.8, 4) is 5.88 Å².